The average molecular weight is 334 g/mol. The van der Waals surface area contributed by atoms with Crippen molar-refractivity contribution in [1.82, 2.24) is 0 Å². The Hall–Kier alpha value is -1.71. The fourth-order valence-electron chi connectivity index (χ4n) is 2.82. The Kier molecular flexibility index (Phi) is 6.31. The number of halogens is 1. The number of benzene rings is 2. The zero-order chi connectivity index (χ0) is 15.4. The molecule has 1 atom stereocenters. The van der Waals surface area contributed by atoms with Crippen LogP contribution in [0.2, 0.25) is 0 Å². The number of nitrogens with two attached hydrogens (primary N) is 1. The van der Waals surface area contributed by atoms with Crippen molar-refractivity contribution >= 4 is 12.4 Å². The summed E-state index contributed by atoms with van der Waals surface area (Å²) in [5.74, 6) is 2.12. The van der Waals surface area contributed by atoms with Gasteiger partial charge < -0.3 is 15.2 Å². The van der Waals surface area contributed by atoms with Crippen LogP contribution >= 0.6 is 12.4 Å². The fourth-order valence-corrected chi connectivity index (χ4v) is 2.82. The highest BCUT2D eigenvalue weighted by molar-refractivity contribution is 5.85. The zero-order valence-corrected chi connectivity index (χ0v) is 14.2. The summed E-state index contributed by atoms with van der Waals surface area (Å²) in [5, 5.41) is 0. The first-order valence-corrected chi connectivity index (χ1v) is 7.88. The molecule has 0 spiro atoms. The number of hydrogen-bond acceptors (Lipinski definition) is 3. The van der Waals surface area contributed by atoms with Gasteiger partial charge in [-0.15, -0.1) is 12.4 Å². The summed E-state index contributed by atoms with van der Waals surface area (Å²) in [6.07, 6.45) is 3.76. The summed E-state index contributed by atoms with van der Waals surface area (Å²) >= 11 is 0. The maximum atomic E-state index is 6.37. The third-order valence-corrected chi connectivity index (χ3v) is 4.47. The molecule has 3 rings (SSSR count). The summed E-state index contributed by atoms with van der Waals surface area (Å²) in [6.45, 7) is 0.527. The fraction of sp³-hybridized carbons (Fsp3) is 0.368. The molecule has 2 aromatic carbocycles. The topological polar surface area (TPSA) is 44.5 Å². The second-order valence-electron chi connectivity index (χ2n) is 5.90. The smallest absolute Gasteiger partial charge is 0.161 e. The number of rotatable bonds is 6. The molecule has 0 heterocycles. The van der Waals surface area contributed by atoms with Crippen molar-refractivity contribution in [3.63, 3.8) is 0 Å². The maximum Gasteiger partial charge on any atom is 0.161 e. The minimum Gasteiger partial charge on any atom is -0.493 e. The average Bonchev–Trinajstić information content (AvgIpc) is 2.52. The summed E-state index contributed by atoms with van der Waals surface area (Å²) in [6, 6.07) is 16.3. The molecule has 3 nitrogen and oxygen atoms in total. The minimum atomic E-state index is 0. The molecule has 23 heavy (non-hydrogen) atoms. The normalized spacial score (nSPS) is 15.2. The lowest BCUT2D eigenvalue weighted by Crippen LogP contribution is -2.26. The second-order valence-corrected chi connectivity index (χ2v) is 5.90. The van der Waals surface area contributed by atoms with Crippen molar-refractivity contribution in [1.29, 1.82) is 0 Å². The third kappa shape index (κ3) is 4.18. The molecule has 0 saturated heterocycles. The van der Waals surface area contributed by atoms with E-state index >= 15 is 0 Å². The van der Waals surface area contributed by atoms with Crippen molar-refractivity contribution < 1.29 is 9.47 Å². The van der Waals surface area contributed by atoms with Crippen LogP contribution < -0.4 is 15.2 Å². The van der Waals surface area contributed by atoms with Crippen LogP contribution in [0, 0.1) is 5.92 Å². The predicted octanol–water partition coefficient (Wildman–Crippen LogP) is 4.50. The maximum absolute atomic E-state index is 6.37. The molecule has 0 aromatic heterocycles. The van der Waals surface area contributed by atoms with E-state index in [2.05, 4.69) is 18.2 Å². The summed E-state index contributed by atoms with van der Waals surface area (Å²) in [4.78, 5) is 0. The van der Waals surface area contributed by atoms with Gasteiger partial charge in [0.2, 0.25) is 0 Å². The van der Waals surface area contributed by atoms with Gasteiger partial charge in [-0.3, -0.25) is 0 Å². The first kappa shape index (κ1) is 17.6. The first-order chi connectivity index (χ1) is 10.8. The monoisotopic (exact) mass is 333 g/mol. The van der Waals surface area contributed by atoms with Crippen molar-refractivity contribution in [2.45, 2.75) is 31.9 Å². The Morgan fingerprint density at radius 3 is 2.43 bits per heavy atom. The molecule has 0 amide bonds. The standard InChI is InChI=1S/C19H23NO2.ClH/c1-21-17-11-10-16(19(20)15-8-5-9-15)12-18(17)22-13-14-6-3-2-4-7-14;/h2-4,6-7,10-12,15,19H,5,8-9,13,20H2,1H3;1H/t19-;/m1./s1. The largest absolute Gasteiger partial charge is 0.493 e. The number of methoxy groups -OCH3 is 1. The van der Waals surface area contributed by atoms with Gasteiger partial charge in [0.05, 0.1) is 7.11 Å². The van der Waals surface area contributed by atoms with Crippen LogP contribution in [0.1, 0.15) is 36.4 Å². The van der Waals surface area contributed by atoms with E-state index in [9.17, 15) is 0 Å². The predicted molar refractivity (Wildman–Crippen MR) is 95.3 cm³/mol. The van der Waals surface area contributed by atoms with Gasteiger partial charge in [-0.05, 0) is 42.0 Å². The lowest BCUT2D eigenvalue weighted by Gasteiger charge is -2.31. The highest BCUT2D eigenvalue weighted by Crippen LogP contribution is 2.38. The molecule has 1 fully saturated rings. The van der Waals surface area contributed by atoms with Crippen LogP contribution in [0.3, 0.4) is 0 Å². The molecule has 0 bridgehead atoms. The van der Waals surface area contributed by atoms with Crippen LogP contribution in [0.5, 0.6) is 11.5 Å². The van der Waals surface area contributed by atoms with Crippen molar-refractivity contribution in [3.05, 3.63) is 59.7 Å². The van der Waals surface area contributed by atoms with Crippen LogP contribution in [0.4, 0.5) is 0 Å². The van der Waals surface area contributed by atoms with Gasteiger partial charge in [0.15, 0.2) is 11.5 Å². The molecule has 2 N–H and O–H groups in total. The number of hydrogen-bond donors (Lipinski definition) is 1. The highest BCUT2D eigenvalue weighted by atomic mass is 35.5. The summed E-state index contributed by atoms with van der Waals surface area (Å²) in [7, 11) is 1.66. The van der Waals surface area contributed by atoms with Crippen molar-refractivity contribution in [2.75, 3.05) is 7.11 Å². The first-order valence-electron chi connectivity index (χ1n) is 7.88. The van der Waals surface area contributed by atoms with Gasteiger partial charge in [0, 0.05) is 6.04 Å². The van der Waals surface area contributed by atoms with Gasteiger partial charge in [-0.25, -0.2) is 0 Å². The molecule has 1 saturated carbocycles. The lowest BCUT2D eigenvalue weighted by atomic mass is 9.77. The van der Waals surface area contributed by atoms with E-state index in [0.29, 0.717) is 12.5 Å². The van der Waals surface area contributed by atoms with E-state index in [4.69, 9.17) is 15.2 Å². The molecule has 124 valence electrons. The van der Waals surface area contributed by atoms with Crippen LogP contribution in [-0.2, 0) is 6.61 Å². The molecule has 4 heteroatoms. The second kappa shape index (κ2) is 8.23. The Balaban J connectivity index is 0.00000192. The molecule has 1 aliphatic carbocycles. The van der Waals surface area contributed by atoms with Crippen molar-refractivity contribution in [2.24, 2.45) is 11.7 Å². The van der Waals surface area contributed by atoms with Crippen LogP contribution in [0.15, 0.2) is 48.5 Å². The van der Waals surface area contributed by atoms with Crippen LogP contribution in [0.25, 0.3) is 0 Å². The van der Waals surface area contributed by atoms with E-state index in [1.807, 2.05) is 30.3 Å². The van der Waals surface area contributed by atoms with Gasteiger partial charge in [-0.2, -0.15) is 0 Å². The summed E-state index contributed by atoms with van der Waals surface area (Å²) < 4.78 is 11.4. The van der Waals surface area contributed by atoms with Gasteiger partial charge in [0.25, 0.3) is 0 Å². The Bertz CT molecular complexity index is 614. The molecule has 2 aromatic rings. The Morgan fingerprint density at radius 2 is 1.83 bits per heavy atom. The van der Waals surface area contributed by atoms with Gasteiger partial charge in [-0.1, -0.05) is 42.8 Å². The molecule has 0 aliphatic heterocycles. The Morgan fingerprint density at radius 1 is 1.09 bits per heavy atom. The van der Waals surface area contributed by atoms with E-state index in [0.717, 1.165) is 22.6 Å². The van der Waals surface area contributed by atoms with Crippen LogP contribution in [-0.4, -0.2) is 7.11 Å². The van der Waals surface area contributed by atoms with E-state index in [1.54, 1.807) is 7.11 Å². The molecule has 1 aliphatic rings. The SMILES string of the molecule is COc1ccc([C@H](N)C2CCC2)cc1OCc1ccccc1.Cl. The quantitative estimate of drug-likeness (QED) is 0.846. The summed E-state index contributed by atoms with van der Waals surface area (Å²) in [5.41, 5.74) is 8.64. The third-order valence-electron chi connectivity index (χ3n) is 4.47. The number of ether oxygens (including phenoxy) is 2. The van der Waals surface area contributed by atoms with E-state index in [1.165, 1.54) is 19.3 Å². The van der Waals surface area contributed by atoms with Crippen molar-refractivity contribution in [3.8, 4) is 11.5 Å². The minimum absolute atomic E-state index is 0. The van der Waals surface area contributed by atoms with E-state index < -0.39 is 0 Å². The molecular formula is C19H24ClNO2. The molecule has 0 unspecified atom stereocenters. The highest BCUT2D eigenvalue weighted by Gasteiger charge is 2.26. The molecule has 0 radical (unpaired) electrons. The lowest BCUT2D eigenvalue weighted by molar-refractivity contribution is 0.261. The van der Waals surface area contributed by atoms with E-state index in [-0.39, 0.29) is 18.4 Å². The molecular weight excluding hydrogens is 310 g/mol. The Labute approximate surface area is 144 Å². The zero-order valence-electron chi connectivity index (χ0n) is 13.4. The van der Waals surface area contributed by atoms with Gasteiger partial charge >= 0.3 is 0 Å². The van der Waals surface area contributed by atoms with Gasteiger partial charge in [0.1, 0.15) is 6.61 Å².